The Morgan fingerprint density at radius 3 is 3.07 bits per heavy atom. The number of nitrogens with zero attached hydrogens (tertiary/aromatic N) is 1. The molecule has 1 aromatic carbocycles. The number of aromatic nitrogens is 1. The Kier molecular flexibility index (Phi) is 1.51. The van der Waals surface area contributed by atoms with Gasteiger partial charge in [0.05, 0.1) is 0 Å². The predicted octanol–water partition coefficient (Wildman–Crippen LogP) is 2.87. The minimum atomic E-state index is 0.744. The lowest BCUT2D eigenvalue weighted by molar-refractivity contribution is 0.665. The Balaban J connectivity index is 2.61. The van der Waals surface area contributed by atoms with Gasteiger partial charge in [-0.2, -0.15) is 0 Å². The van der Waals surface area contributed by atoms with Crippen LogP contribution in [0.15, 0.2) is 34.9 Å². The van der Waals surface area contributed by atoms with Crippen LogP contribution in [0.5, 0.6) is 0 Å². The largest absolute Gasteiger partial charge is 0.454 e. The van der Waals surface area contributed by atoms with E-state index in [-0.39, 0.29) is 0 Å². The van der Waals surface area contributed by atoms with Crippen LogP contribution in [0.25, 0.3) is 22.1 Å². The Bertz CT molecular complexity index is 655. The number of rotatable bonds is 0. The molecule has 0 fully saturated rings. The molecule has 2 heterocycles. The highest BCUT2D eigenvalue weighted by Gasteiger charge is 2.09. The van der Waals surface area contributed by atoms with Crippen LogP contribution in [0.3, 0.4) is 0 Å². The lowest BCUT2D eigenvalue weighted by atomic mass is 10.1. The van der Waals surface area contributed by atoms with Crippen molar-refractivity contribution in [3.8, 4) is 0 Å². The van der Waals surface area contributed by atoms with Gasteiger partial charge in [-0.05, 0) is 36.8 Å². The fraction of sp³-hybridized carbons (Fsp3) is 0.0833. The van der Waals surface area contributed by atoms with Crippen molar-refractivity contribution in [2.45, 2.75) is 6.92 Å². The molecule has 0 aliphatic heterocycles. The van der Waals surface area contributed by atoms with Crippen LogP contribution in [0, 0.1) is 6.92 Å². The molecule has 15 heavy (non-hydrogen) atoms. The average molecular weight is 198 g/mol. The number of hydrogen-bond acceptors (Lipinski definition) is 3. The normalized spacial score (nSPS) is 11.3. The van der Waals surface area contributed by atoms with E-state index in [1.165, 1.54) is 0 Å². The number of fused-ring (bicyclic) bond motifs is 3. The number of benzene rings is 1. The van der Waals surface area contributed by atoms with E-state index in [1.54, 1.807) is 6.20 Å². The molecule has 3 nitrogen and oxygen atoms in total. The van der Waals surface area contributed by atoms with Crippen molar-refractivity contribution in [1.82, 2.24) is 4.98 Å². The number of nitrogens with two attached hydrogens (primary N) is 1. The van der Waals surface area contributed by atoms with Crippen molar-refractivity contribution in [3.63, 3.8) is 0 Å². The molecular formula is C12H10N2O. The predicted molar refractivity (Wildman–Crippen MR) is 60.7 cm³/mol. The Morgan fingerprint density at radius 2 is 2.20 bits per heavy atom. The summed E-state index contributed by atoms with van der Waals surface area (Å²) in [6.07, 6.45) is 1.76. The molecule has 3 heteroatoms. The number of pyridine rings is 1. The van der Waals surface area contributed by atoms with Crippen LogP contribution in [-0.2, 0) is 0 Å². The van der Waals surface area contributed by atoms with Crippen molar-refractivity contribution in [2.75, 3.05) is 5.73 Å². The highest BCUT2D eigenvalue weighted by molar-refractivity contribution is 6.04. The molecule has 3 aromatic rings. The number of hydrogen-bond donors (Lipinski definition) is 1. The summed E-state index contributed by atoms with van der Waals surface area (Å²) >= 11 is 0. The first kappa shape index (κ1) is 8.29. The molecule has 0 atom stereocenters. The maximum atomic E-state index is 5.81. The van der Waals surface area contributed by atoms with Gasteiger partial charge in [-0.15, -0.1) is 0 Å². The van der Waals surface area contributed by atoms with E-state index in [0.29, 0.717) is 0 Å². The van der Waals surface area contributed by atoms with E-state index in [0.717, 1.165) is 33.3 Å². The van der Waals surface area contributed by atoms with Crippen LogP contribution in [-0.4, -0.2) is 4.98 Å². The van der Waals surface area contributed by atoms with Crippen molar-refractivity contribution >= 4 is 27.8 Å². The molecule has 0 saturated carbocycles. The minimum absolute atomic E-state index is 0.744. The van der Waals surface area contributed by atoms with E-state index in [4.69, 9.17) is 10.2 Å². The SMILES string of the molecule is Cc1cc(N)cc2c1oc1cccnc12. The van der Waals surface area contributed by atoms with Crippen LogP contribution in [0.1, 0.15) is 5.56 Å². The second-order valence-electron chi connectivity index (χ2n) is 3.67. The number of furan rings is 1. The first-order chi connectivity index (χ1) is 7.25. The third-order valence-corrected chi connectivity index (χ3v) is 2.53. The minimum Gasteiger partial charge on any atom is -0.454 e. The van der Waals surface area contributed by atoms with Gasteiger partial charge in [0.2, 0.25) is 0 Å². The van der Waals surface area contributed by atoms with Crippen LogP contribution < -0.4 is 5.73 Å². The molecule has 0 amide bonds. The molecule has 2 aromatic heterocycles. The first-order valence-corrected chi connectivity index (χ1v) is 4.79. The number of anilines is 1. The fourth-order valence-electron chi connectivity index (χ4n) is 1.90. The van der Waals surface area contributed by atoms with Crippen molar-refractivity contribution in [2.24, 2.45) is 0 Å². The summed E-state index contributed by atoms with van der Waals surface area (Å²) in [6, 6.07) is 7.59. The van der Waals surface area contributed by atoms with E-state index < -0.39 is 0 Å². The van der Waals surface area contributed by atoms with Gasteiger partial charge in [0.25, 0.3) is 0 Å². The summed E-state index contributed by atoms with van der Waals surface area (Å²) < 4.78 is 5.72. The highest BCUT2D eigenvalue weighted by atomic mass is 16.3. The van der Waals surface area contributed by atoms with Gasteiger partial charge in [0.1, 0.15) is 11.1 Å². The second kappa shape index (κ2) is 2.73. The molecular weight excluding hydrogens is 188 g/mol. The van der Waals surface area contributed by atoms with Crippen molar-refractivity contribution < 1.29 is 4.42 Å². The summed E-state index contributed by atoms with van der Waals surface area (Å²) in [6.45, 7) is 1.99. The lowest BCUT2D eigenvalue weighted by Crippen LogP contribution is -1.85. The van der Waals surface area contributed by atoms with Crippen LogP contribution >= 0.6 is 0 Å². The fourth-order valence-corrected chi connectivity index (χ4v) is 1.90. The second-order valence-corrected chi connectivity index (χ2v) is 3.67. The molecule has 0 aliphatic rings. The van der Waals surface area contributed by atoms with E-state index in [9.17, 15) is 0 Å². The molecule has 3 rings (SSSR count). The lowest BCUT2D eigenvalue weighted by Gasteiger charge is -1.96. The summed E-state index contributed by atoms with van der Waals surface area (Å²) in [7, 11) is 0. The van der Waals surface area contributed by atoms with Gasteiger partial charge in [0, 0.05) is 17.3 Å². The van der Waals surface area contributed by atoms with E-state index >= 15 is 0 Å². The molecule has 0 aliphatic carbocycles. The highest BCUT2D eigenvalue weighted by Crippen LogP contribution is 2.30. The quantitative estimate of drug-likeness (QED) is 0.565. The van der Waals surface area contributed by atoms with E-state index in [2.05, 4.69) is 4.98 Å². The van der Waals surface area contributed by atoms with E-state index in [1.807, 2.05) is 31.2 Å². The smallest absolute Gasteiger partial charge is 0.153 e. The maximum Gasteiger partial charge on any atom is 0.153 e. The molecule has 2 N–H and O–H groups in total. The summed E-state index contributed by atoms with van der Waals surface area (Å²) in [5, 5.41) is 0.989. The zero-order chi connectivity index (χ0) is 10.4. The van der Waals surface area contributed by atoms with Crippen molar-refractivity contribution in [3.05, 3.63) is 36.0 Å². The van der Waals surface area contributed by atoms with Crippen molar-refractivity contribution in [1.29, 1.82) is 0 Å². The molecule has 0 unspecified atom stereocenters. The third kappa shape index (κ3) is 1.09. The Hall–Kier alpha value is -2.03. The van der Waals surface area contributed by atoms with Gasteiger partial charge in [-0.3, -0.25) is 4.98 Å². The van der Waals surface area contributed by atoms with Gasteiger partial charge in [0.15, 0.2) is 5.58 Å². The van der Waals surface area contributed by atoms with Gasteiger partial charge in [-0.25, -0.2) is 0 Å². The Labute approximate surface area is 86.5 Å². The zero-order valence-electron chi connectivity index (χ0n) is 8.32. The number of aryl methyl sites for hydroxylation is 1. The maximum absolute atomic E-state index is 5.81. The number of nitrogen functional groups attached to an aromatic ring is 1. The monoisotopic (exact) mass is 198 g/mol. The molecule has 0 spiro atoms. The molecule has 0 saturated heterocycles. The van der Waals surface area contributed by atoms with Gasteiger partial charge in [-0.1, -0.05) is 0 Å². The summed E-state index contributed by atoms with van der Waals surface area (Å²) in [5.74, 6) is 0. The van der Waals surface area contributed by atoms with Crippen LogP contribution in [0.2, 0.25) is 0 Å². The first-order valence-electron chi connectivity index (χ1n) is 4.79. The van der Waals surface area contributed by atoms with Gasteiger partial charge >= 0.3 is 0 Å². The van der Waals surface area contributed by atoms with Gasteiger partial charge < -0.3 is 10.2 Å². The molecule has 0 radical (unpaired) electrons. The van der Waals surface area contributed by atoms with Crippen LogP contribution in [0.4, 0.5) is 5.69 Å². The summed E-state index contributed by atoms with van der Waals surface area (Å²) in [4.78, 5) is 4.30. The standard InChI is InChI=1S/C12H10N2O/c1-7-5-8(13)6-9-11-10(15-12(7)9)3-2-4-14-11/h2-6H,13H2,1H3. The average Bonchev–Trinajstić information content (AvgIpc) is 2.57. The summed E-state index contributed by atoms with van der Waals surface area (Å²) in [5.41, 5.74) is 10.2. The Morgan fingerprint density at radius 1 is 1.33 bits per heavy atom. The zero-order valence-corrected chi connectivity index (χ0v) is 8.32. The molecule has 0 bridgehead atoms. The topological polar surface area (TPSA) is 52.0 Å². The molecule has 74 valence electrons. The third-order valence-electron chi connectivity index (χ3n) is 2.53.